The van der Waals surface area contributed by atoms with Crippen LogP contribution in [0.1, 0.15) is 17.5 Å². The van der Waals surface area contributed by atoms with E-state index in [4.69, 9.17) is 17.0 Å². The molecule has 0 aromatic heterocycles. The van der Waals surface area contributed by atoms with E-state index < -0.39 is 0 Å². The van der Waals surface area contributed by atoms with E-state index in [1.807, 2.05) is 24.3 Å². The standard InChI is InChI=1S/C18H19N3OS/c1-22-17-9-5-4-8-16(17)19-18(23)21-20-15-11-10-13-6-2-3-7-14(13)12-15/h2-9H,10-12H2,1H3,(H2,19,21,23)/b20-15+. The van der Waals surface area contributed by atoms with Gasteiger partial charge in [0.25, 0.3) is 0 Å². The largest absolute Gasteiger partial charge is 0.495 e. The zero-order valence-electron chi connectivity index (χ0n) is 13.0. The first-order valence-electron chi connectivity index (χ1n) is 7.58. The first-order chi connectivity index (χ1) is 11.3. The summed E-state index contributed by atoms with van der Waals surface area (Å²) in [5.74, 6) is 0.746. The van der Waals surface area contributed by atoms with E-state index in [9.17, 15) is 0 Å². The maximum Gasteiger partial charge on any atom is 0.191 e. The Morgan fingerprint density at radius 3 is 2.61 bits per heavy atom. The maximum absolute atomic E-state index is 5.31. The van der Waals surface area contributed by atoms with Crippen molar-refractivity contribution in [2.75, 3.05) is 12.4 Å². The number of rotatable bonds is 3. The molecule has 0 aliphatic heterocycles. The Morgan fingerprint density at radius 1 is 1.04 bits per heavy atom. The number of hydrazone groups is 1. The molecule has 4 nitrogen and oxygen atoms in total. The van der Waals surface area contributed by atoms with Crippen LogP contribution < -0.4 is 15.5 Å². The molecule has 3 rings (SSSR count). The summed E-state index contributed by atoms with van der Waals surface area (Å²) < 4.78 is 5.29. The lowest BCUT2D eigenvalue weighted by Crippen LogP contribution is -2.26. The van der Waals surface area contributed by atoms with Crippen LogP contribution in [0, 0.1) is 0 Å². The first kappa shape index (κ1) is 15.5. The number of aryl methyl sites for hydroxylation is 1. The normalized spacial score (nSPS) is 14.9. The molecule has 1 aliphatic carbocycles. The fourth-order valence-electron chi connectivity index (χ4n) is 2.68. The summed E-state index contributed by atoms with van der Waals surface area (Å²) in [7, 11) is 1.64. The molecule has 0 bridgehead atoms. The minimum atomic E-state index is 0.459. The lowest BCUT2D eigenvalue weighted by molar-refractivity contribution is 0.417. The maximum atomic E-state index is 5.31. The van der Waals surface area contributed by atoms with Crippen molar-refractivity contribution in [1.29, 1.82) is 0 Å². The molecular weight excluding hydrogens is 306 g/mol. The number of fused-ring (bicyclic) bond motifs is 1. The summed E-state index contributed by atoms with van der Waals surface area (Å²) in [4.78, 5) is 0. The Labute approximate surface area is 141 Å². The highest BCUT2D eigenvalue weighted by atomic mass is 32.1. The molecule has 5 heteroatoms. The highest BCUT2D eigenvalue weighted by molar-refractivity contribution is 7.80. The number of nitrogens with zero attached hydrogens (tertiary/aromatic N) is 1. The molecule has 0 unspecified atom stereocenters. The smallest absolute Gasteiger partial charge is 0.191 e. The van der Waals surface area contributed by atoms with Crippen molar-refractivity contribution in [3.8, 4) is 5.75 Å². The quantitative estimate of drug-likeness (QED) is 0.669. The zero-order valence-corrected chi connectivity index (χ0v) is 13.8. The first-order valence-corrected chi connectivity index (χ1v) is 7.99. The van der Waals surface area contributed by atoms with Gasteiger partial charge in [-0.25, -0.2) is 0 Å². The molecule has 0 amide bonds. The van der Waals surface area contributed by atoms with Crippen LogP contribution in [0.15, 0.2) is 53.6 Å². The SMILES string of the molecule is COc1ccccc1NC(=S)N/N=C1\CCc2ccccc2C1. The molecule has 0 atom stereocenters. The molecule has 118 valence electrons. The Morgan fingerprint density at radius 2 is 1.78 bits per heavy atom. The number of hydrogen-bond acceptors (Lipinski definition) is 3. The van der Waals surface area contributed by atoms with Crippen LogP contribution in [0.25, 0.3) is 0 Å². The molecule has 23 heavy (non-hydrogen) atoms. The monoisotopic (exact) mass is 325 g/mol. The van der Waals surface area contributed by atoms with Gasteiger partial charge in [0.15, 0.2) is 5.11 Å². The molecular formula is C18H19N3OS. The van der Waals surface area contributed by atoms with Gasteiger partial charge < -0.3 is 10.1 Å². The van der Waals surface area contributed by atoms with Crippen molar-refractivity contribution in [3.63, 3.8) is 0 Å². The minimum Gasteiger partial charge on any atom is -0.495 e. The van der Waals surface area contributed by atoms with E-state index in [2.05, 4.69) is 40.1 Å². The van der Waals surface area contributed by atoms with Crippen molar-refractivity contribution in [2.24, 2.45) is 5.10 Å². The lowest BCUT2D eigenvalue weighted by atomic mass is 9.90. The second-order valence-electron chi connectivity index (χ2n) is 5.39. The average Bonchev–Trinajstić information content (AvgIpc) is 2.60. The summed E-state index contributed by atoms with van der Waals surface area (Å²) in [5, 5.41) is 8.02. The second kappa shape index (κ2) is 7.24. The second-order valence-corrected chi connectivity index (χ2v) is 5.80. The van der Waals surface area contributed by atoms with Crippen molar-refractivity contribution in [2.45, 2.75) is 19.3 Å². The molecule has 2 N–H and O–H groups in total. The third kappa shape index (κ3) is 3.87. The van der Waals surface area contributed by atoms with Gasteiger partial charge in [0.05, 0.1) is 12.8 Å². The number of methoxy groups -OCH3 is 1. The van der Waals surface area contributed by atoms with Gasteiger partial charge in [-0.2, -0.15) is 5.10 Å². The van der Waals surface area contributed by atoms with E-state index in [0.717, 1.165) is 36.4 Å². The number of thiocarbonyl (C=S) groups is 1. The number of anilines is 1. The molecule has 1 aliphatic rings. The van der Waals surface area contributed by atoms with Crippen molar-refractivity contribution in [3.05, 3.63) is 59.7 Å². The summed E-state index contributed by atoms with van der Waals surface area (Å²) in [6.45, 7) is 0. The third-order valence-corrected chi connectivity index (χ3v) is 4.06. The summed E-state index contributed by atoms with van der Waals surface area (Å²) >= 11 is 5.31. The topological polar surface area (TPSA) is 45.6 Å². The van der Waals surface area contributed by atoms with Crippen LogP contribution in [0.2, 0.25) is 0 Å². The Kier molecular flexibility index (Phi) is 4.88. The third-order valence-electron chi connectivity index (χ3n) is 3.87. The highest BCUT2D eigenvalue weighted by Crippen LogP contribution is 2.23. The van der Waals surface area contributed by atoms with Crippen molar-refractivity contribution in [1.82, 2.24) is 5.43 Å². The van der Waals surface area contributed by atoms with Gasteiger partial charge in [-0.1, -0.05) is 36.4 Å². The molecule has 0 saturated carbocycles. The van der Waals surface area contributed by atoms with Crippen LogP contribution in [0.4, 0.5) is 5.69 Å². The highest BCUT2D eigenvalue weighted by Gasteiger charge is 2.13. The Balaban J connectivity index is 1.61. The summed E-state index contributed by atoms with van der Waals surface area (Å²) in [6, 6.07) is 16.2. The van der Waals surface area contributed by atoms with E-state index in [-0.39, 0.29) is 0 Å². The Hall–Kier alpha value is -2.40. The minimum absolute atomic E-state index is 0.459. The molecule has 0 saturated heterocycles. The fourth-order valence-corrected chi connectivity index (χ4v) is 2.84. The predicted molar refractivity (Wildman–Crippen MR) is 98.3 cm³/mol. The van der Waals surface area contributed by atoms with Gasteiger partial charge in [0.2, 0.25) is 0 Å². The van der Waals surface area contributed by atoms with Crippen molar-refractivity contribution < 1.29 is 4.74 Å². The summed E-state index contributed by atoms with van der Waals surface area (Å²) in [5.41, 5.74) is 7.64. The fraction of sp³-hybridized carbons (Fsp3) is 0.222. The van der Waals surface area contributed by atoms with Crippen LogP contribution >= 0.6 is 12.2 Å². The van der Waals surface area contributed by atoms with Crippen molar-refractivity contribution >= 4 is 28.7 Å². The van der Waals surface area contributed by atoms with Gasteiger partial charge in [0.1, 0.15) is 5.75 Å². The van der Waals surface area contributed by atoms with Crippen LogP contribution in [0.5, 0.6) is 5.75 Å². The Bertz CT molecular complexity index is 743. The lowest BCUT2D eigenvalue weighted by Gasteiger charge is -2.17. The molecule has 2 aromatic carbocycles. The molecule has 0 heterocycles. The van der Waals surface area contributed by atoms with Crippen LogP contribution in [-0.2, 0) is 12.8 Å². The van der Waals surface area contributed by atoms with Gasteiger partial charge >= 0.3 is 0 Å². The van der Waals surface area contributed by atoms with Crippen LogP contribution in [0.3, 0.4) is 0 Å². The van der Waals surface area contributed by atoms with E-state index >= 15 is 0 Å². The van der Waals surface area contributed by atoms with E-state index in [1.54, 1.807) is 7.11 Å². The number of hydrogen-bond donors (Lipinski definition) is 2. The average molecular weight is 325 g/mol. The molecule has 0 fully saturated rings. The number of benzene rings is 2. The van der Waals surface area contributed by atoms with Gasteiger partial charge in [-0.05, 0) is 48.3 Å². The van der Waals surface area contributed by atoms with E-state index in [0.29, 0.717) is 5.11 Å². The van der Waals surface area contributed by atoms with Crippen LogP contribution in [-0.4, -0.2) is 17.9 Å². The molecule has 0 radical (unpaired) electrons. The van der Waals surface area contributed by atoms with E-state index in [1.165, 1.54) is 11.1 Å². The molecule has 2 aromatic rings. The summed E-state index contributed by atoms with van der Waals surface area (Å²) in [6.07, 6.45) is 2.87. The van der Waals surface area contributed by atoms with Gasteiger partial charge in [-0.3, -0.25) is 5.43 Å². The van der Waals surface area contributed by atoms with Gasteiger partial charge in [-0.15, -0.1) is 0 Å². The van der Waals surface area contributed by atoms with Gasteiger partial charge in [0, 0.05) is 12.1 Å². The number of para-hydroxylation sites is 2. The zero-order chi connectivity index (χ0) is 16.1. The molecule has 0 spiro atoms. The predicted octanol–water partition coefficient (Wildman–Crippen LogP) is 3.53. The number of ether oxygens (including phenoxy) is 1. The number of nitrogens with one attached hydrogen (secondary N) is 2.